The summed E-state index contributed by atoms with van der Waals surface area (Å²) in [6.07, 6.45) is 1.25. The smallest absolute Gasteiger partial charge is 0.224 e. The predicted octanol–water partition coefficient (Wildman–Crippen LogP) is 3.56. The molecule has 0 fully saturated rings. The first-order valence-corrected chi connectivity index (χ1v) is 7.42. The second kappa shape index (κ2) is 6.51. The Bertz CT molecular complexity index is 907. The minimum Gasteiger partial charge on any atom is -0.388 e. The number of aryl methyl sites for hydroxylation is 1. The van der Waals surface area contributed by atoms with Gasteiger partial charge in [0.25, 0.3) is 0 Å². The number of aliphatic hydroxyl groups excluding tert-OH is 1. The van der Waals surface area contributed by atoms with Gasteiger partial charge in [0.05, 0.1) is 16.8 Å². The van der Waals surface area contributed by atoms with E-state index in [4.69, 9.17) is 16.1 Å². The van der Waals surface area contributed by atoms with Crippen molar-refractivity contribution < 1.29 is 18.8 Å². The van der Waals surface area contributed by atoms with Gasteiger partial charge in [0.1, 0.15) is 6.61 Å². The van der Waals surface area contributed by atoms with Gasteiger partial charge in [-0.15, -0.1) is 0 Å². The number of nitrogens with zero attached hydrogens (tertiary/aromatic N) is 2. The van der Waals surface area contributed by atoms with Gasteiger partial charge in [-0.05, 0) is 37.3 Å². The van der Waals surface area contributed by atoms with Gasteiger partial charge in [0, 0.05) is 22.3 Å². The van der Waals surface area contributed by atoms with Gasteiger partial charge in [-0.25, -0.2) is 4.98 Å². The fourth-order valence-electron chi connectivity index (χ4n) is 2.48. The number of pyridine rings is 1. The summed E-state index contributed by atoms with van der Waals surface area (Å²) in [7, 11) is 0. The molecular formula is C17H12ClFN2O3. The molecular weight excluding hydrogens is 335 g/mol. The highest BCUT2D eigenvalue weighted by Crippen LogP contribution is 2.32. The van der Waals surface area contributed by atoms with Crippen LogP contribution in [0, 0.1) is 12.9 Å². The molecule has 0 aliphatic carbocycles. The number of carbonyl (C=O) groups is 1. The molecule has 2 aromatic heterocycles. The standard InChI is InChI=1S/C17H12ClFN2O3/c1-9-14(13(8-22)24-21-9)12-6-7-20-17(19)15(12)16(23)10-2-4-11(18)5-3-10/h2-7,22H,8H2,1H3. The van der Waals surface area contributed by atoms with Crippen molar-refractivity contribution in [3.8, 4) is 11.1 Å². The van der Waals surface area contributed by atoms with Crippen molar-refractivity contribution in [1.29, 1.82) is 0 Å². The Labute approximate surface area is 141 Å². The number of ketones is 1. The molecule has 3 aromatic rings. The lowest BCUT2D eigenvalue weighted by Gasteiger charge is -2.09. The van der Waals surface area contributed by atoms with Crippen LogP contribution in [0.2, 0.25) is 5.02 Å². The van der Waals surface area contributed by atoms with Crippen molar-refractivity contribution in [2.24, 2.45) is 0 Å². The molecule has 1 N–H and O–H groups in total. The van der Waals surface area contributed by atoms with Crippen LogP contribution in [0.15, 0.2) is 41.1 Å². The van der Waals surface area contributed by atoms with Crippen LogP contribution < -0.4 is 0 Å². The van der Waals surface area contributed by atoms with Gasteiger partial charge in [0.15, 0.2) is 11.5 Å². The van der Waals surface area contributed by atoms with Crippen LogP contribution in [-0.4, -0.2) is 21.0 Å². The summed E-state index contributed by atoms with van der Waals surface area (Å²) >= 11 is 5.82. The maximum Gasteiger partial charge on any atom is 0.224 e. The summed E-state index contributed by atoms with van der Waals surface area (Å²) in [4.78, 5) is 16.3. The lowest BCUT2D eigenvalue weighted by molar-refractivity contribution is 0.103. The SMILES string of the molecule is Cc1noc(CO)c1-c1ccnc(F)c1C(=O)c1ccc(Cl)cc1. The highest BCUT2D eigenvalue weighted by molar-refractivity contribution is 6.30. The number of rotatable bonds is 4. The van der Waals surface area contributed by atoms with Gasteiger partial charge in [-0.2, -0.15) is 4.39 Å². The van der Waals surface area contributed by atoms with Gasteiger partial charge in [-0.3, -0.25) is 4.79 Å². The van der Waals surface area contributed by atoms with Crippen molar-refractivity contribution in [1.82, 2.24) is 10.1 Å². The predicted molar refractivity (Wildman–Crippen MR) is 85.2 cm³/mol. The Hall–Kier alpha value is -2.57. The first-order valence-electron chi connectivity index (χ1n) is 7.04. The maximum absolute atomic E-state index is 14.4. The van der Waals surface area contributed by atoms with E-state index in [0.29, 0.717) is 16.3 Å². The second-order valence-electron chi connectivity index (χ2n) is 5.08. The van der Waals surface area contributed by atoms with Crippen molar-refractivity contribution in [2.45, 2.75) is 13.5 Å². The molecule has 0 amide bonds. The fraction of sp³-hybridized carbons (Fsp3) is 0.118. The second-order valence-corrected chi connectivity index (χ2v) is 5.52. The van der Waals surface area contributed by atoms with E-state index in [-0.39, 0.29) is 22.5 Å². The Kier molecular flexibility index (Phi) is 4.42. The Morgan fingerprint density at radius 2 is 2.00 bits per heavy atom. The summed E-state index contributed by atoms with van der Waals surface area (Å²) in [6, 6.07) is 7.60. The average Bonchev–Trinajstić information content (AvgIpc) is 2.95. The molecule has 1 aromatic carbocycles. The Morgan fingerprint density at radius 3 is 2.67 bits per heavy atom. The van der Waals surface area contributed by atoms with E-state index >= 15 is 0 Å². The Balaban J connectivity index is 2.20. The summed E-state index contributed by atoms with van der Waals surface area (Å²) in [5.74, 6) is -1.29. The molecule has 122 valence electrons. The first kappa shape index (κ1) is 16.3. The summed E-state index contributed by atoms with van der Waals surface area (Å²) in [6.45, 7) is 1.22. The van der Waals surface area contributed by atoms with Crippen LogP contribution in [-0.2, 0) is 6.61 Å². The Morgan fingerprint density at radius 1 is 1.29 bits per heavy atom. The molecule has 0 aliphatic heterocycles. The highest BCUT2D eigenvalue weighted by Gasteiger charge is 2.25. The third-order valence-corrected chi connectivity index (χ3v) is 3.84. The molecule has 0 unspecified atom stereocenters. The summed E-state index contributed by atoms with van der Waals surface area (Å²) < 4.78 is 19.4. The largest absolute Gasteiger partial charge is 0.388 e. The number of hydrogen-bond donors (Lipinski definition) is 1. The van der Waals surface area contributed by atoms with Crippen LogP contribution in [0.4, 0.5) is 4.39 Å². The van der Waals surface area contributed by atoms with Crippen LogP contribution in [0.5, 0.6) is 0 Å². The molecule has 0 atom stereocenters. The normalized spacial score (nSPS) is 10.8. The number of hydrogen-bond acceptors (Lipinski definition) is 5. The van der Waals surface area contributed by atoms with Gasteiger partial charge >= 0.3 is 0 Å². The monoisotopic (exact) mass is 346 g/mol. The quantitative estimate of drug-likeness (QED) is 0.577. The van der Waals surface area contributed by atoms with Crippen LogP contribution in [0.3, 0.4) is 0 Å². The van der Waals surface area contributed by atoms with E-state index in [9.17, 15) is 14.3 Å². The average molecular weight is 347 g/mol. The highest BCUT2D eigenvalue weighted by atomic mass is 35.5. The zero-order valence-electron chi connectivity index (χ0n) is 12.6. The van der Waals surface area contributed by atoms with E-state index in [2.05, 4.69) is 10.1 Å². The lowest BCUT2D eigenvalue weighted by atomic mass is 9.94. The third-order valence-electron chi connectivity index (χ3n) is 3.58. The third kappa shape index (κ3) is 2.81. The number of halogens is 2. The van der Waals surface area contributed by atoms with E-state index < -0.39 is 18.3 Å². The van der Waals surface area contributed by atoms with Crippen molar-refractivity contribution in [3.05, 3.63) is 70.1 Å². The first-order chi connectivity index (χ1) is 11.5. The zero-order valence-corrected chi connectivity index (χ0v) is 13.3. The van der Waals surface area contributed by atoms with Gasteiger partial charge < -0.3 is 9.63 Å². The van der Waals surface area contributed by atoms with Gasteiger partial charge in [-0.1, -0.05) is 16.8 Å². The molecule has 2 heterocycles. The molecule has 0 saturated heterocycles. The minimum atomic E-state index is -0.906. The van der Waals surface area contributed by atoms with E-state index in [1.165, 1.54) is 24.4 Å². The molecule has 5 nitrogen and oxygen atoms in total. The minimum absolute atomic E-state index is 0.156. The van der Waals surface area contributed by atoms with E-state index in [1.54, 1.807) is 19.1 Å². The molecule has 0 spiro atoms. The number of aromatic nitrogens is 2. The molecule has 7 heteroatoms. The van der Waals surface area contributed by atoms with E-state index in [0.717, 1.165) is 0 Å². The van der Waals surface area contributed by atoms with Gasteiger partial charge in [0.2, 0.25) is 5.95 Å². The number of carbonyl (C=O) groups excluding carboxylic acids is 1. The molecule has 3 rings (SSSR count). The molecule has 0 aliphatic rings. The fourth-order valence-corrected chi connectivity index (χ4v) is 2.60. The van der Waals surface area contributed by atoms with Crippen molar-refractivity contribution in [2.75, 3.05) is 0 Å². The molecule has 24 heavy (non-hydrogen) atoms. The van der Waals surface area contributed by atoms with Crippen molar-refractivity contribution in [3.63, 3.8) is 0 Å². The van der Waals surface area contributed by atoms with E-state index in [1.807, 2.05) is 0 Å². The van der Waals surface area contributed by atoms with Crippen molar-refractivity contribution >= 4 is 17.4 Å². The maximum atomic E-state index is 14.4. The van der Waals surface area contributed by atoms with Crippen LogP contribution in [0.1, 0.15) is 27.4 Å². The number of benzene rings is 1. The number of aliphatic hydroxyl groups is 1. The lowest BCUT2D eigenvalue weighted by Crippen LogP contribution is -2.09. The summed E-state index contributed by atoms with van der Waals surface area (Å²) in [5, 5.41) is 13.6. The molecule has 0 saturated carbocycles. The topological polar surface area (TPSA) is 76.2 Å². The molecule has 0 radical (unpaired) electrons. The van der Waals surface area contributed by atoms with Crippen LogP contribution >= 0.6 is 11.6 Å². The summed E-state index contributed by atoms with van der Waals surface area (Å²) in [5.41, 5.74) is 1.16. The zero-order chi connectivity index (χ0) is 17.3. The van der Waals surface area contributed by atoms with Crippen LogP contribution in [0.25, 0.3) is 11.1 Å². The molecule has 0 bridgehead atoms.